The molecule has 0 aliphatic carbocycles. The molecule has 0 amide bonds. The van der Waals surface area contributed by atoms with Crippen LogP contribution in [0.15, 0.2) is 60.1 Å². The molecule has 0 saturated carbocycles. The smallest absolute Gasteiger partial charge is 0.128 e. The number of aliphatic imine (C=N–C) groups is 1. The first-order valence-electron chi connectivity index (χ1n) is 7.03. The standard InChI is InChI=1S/C18H18ClNO2/c1-3-11-22-18-10-5-15(19)12-14(18)13-20-16-6-8-17(9-7-16)21-4-2/h3,5-10,12-13H,1,4,11H2,2H3. The highest BCUT2D eigenvalue weighted by Crippen LogP contribution is 2.23. The first-order chi connectivity index (χ1) is 10.7. The molecule has 0 N–H and O–H groups in total. The largest absolute Gasteiger partial charge is 0.494 e. The second-order valence-electron chi connectivity index (χ2n) is 4.47. The Morgan fingerprint density at radius 1 is 1.14 bits per heavy atom. The van der Waals surface area contributed by atoms with Crippen molar-refractivity contribution in [2.45, 2.75) is 6.92 Å². The lowest BCUT2D eigenvalue weighted by Crippen LogP contribution is -1.96. The fourth-order valence-electron chi connectivity index (χ4n) is 1.84. The minimum atomic E-state index is 0.436. The molecule has 0 aromatic heterocycles. The Labute approximate surface area is 135 Å². The topological polar surface area (TPSA) is 30.8 Å². The van der Waals surface area contributed by atoms with E-state index in [-0.39, 0.29) is 0 Å². The van der Waals surface area contributed by atoms with Crippen molar-refractivity contribution in [1.82, 2.24) is 0 Å². The van der Waals surface area contributed by atoms with E-state index in [1.54, 1.807) is 18.4 Å². The highest BCUT2D eigenvalue weighted by Gasteiger charge is 2.02. The third kappa shape index (κ3) is 4.64. The van der Waals surface area contributed by atoms with Crippen LogP contribution in [-0.4, -0.2) is 19.4 Å². The fraction of sp³-hybridized carbons (Fsp3) is 0.167. The Hall–Kier alpha value is -2.26. The second-order valence-corrected chi connectivity index (χ2v) is 4.90. The van der Waals surface area contributed by atoms with Crippen LogP contribution in [0.25, 0.3) is 0 Å². The number of hydrogen-bond acceptors (Lipinski definition) is 3. The van der Waals surface area contributed by atoms with Crippen LogP contribution in [0.3, 0.4) is 0 Å². The van der Waals surface area contributed by atoms with Gasteiger partial charge < -0.3 is 9.47 Å². The molecule has 22 heavy (non-hydrogen) atoms. The number of hydrogen-bond donors (Lipinski definition) is 0. The summed E-state index contributed by atoms with van der Waals surface area (Å²) < 4.78 is 11.0. The molecule has 4 heteroatoms. The van der Waals surface area contributed by atoms with Gasteiger partial charge in [0.1, 0.15) is 18.1 Å². The molecule has 0 unspecified atom stereocenters. The minimum absolute atomic E-state index is 0.436. The van der Waals surface area contributed by atoms with E-state index in [2.05, 4.69) is 11.6 Å². The summed E-state index contributed by atoms with van der Waals surface area (Å²) in [6.07, 6.45) is 3.43. The van der Waals surface area contributed by atoms with Gasteiger partial charge in [0.15, 0.2) is 0 Å². The third-order valence-electron chi connectivity index (χ3n) is 2.83. The van der Waals surface area contributed by atoms with E-state index in [9.17, 15) is 0 Å². The number of ether oxygens (including phenoxy) is 2. The molecule has 0 fully saturated rings. The Morgan fingerprint density at radius 2 is 1.91 bits per heavy atom. The normalized spacial score (nSPS) is 10.6. The average molecular weight is 316 g/mol. The molecule has 0 heterocycles. The molecule has 0 aliphatic rings. The molecule has 0 radical (unpaired) electrons. The molecular formula is C18H18ClNO2. The van der Waals surface area contributed by atoms with Crippen LogP contribution in [0.4, 0.5) is 5.69 Å². The monoisotopic (exact) mass is 315 g/mol. The van der Waals surface area contributed by atoms with Gasteiger partial charge in [-0.05, 0) is 49.4 Å². The number of rotatable bonds is 7. The van der Waals surface area contributed by atoms with Crippen LogP contribution in [0.5, 0.6) is 11.5 Å². The molecule has 0 bridgehead atoms. The molecule has 0 aliphatic heterocycles. The molecule has 3 nitrogen and oxygen atoms in total. The Balaban J connectivity index is 2.17. The van der Waals surface area contributed by atoms with Crippen molar-refractivity contribution in [3.8, 4) is 11.5 Å². The Kier molecular flexibility index (Phi) is 6.04. The zero-order chi connectivity index (χ0) is 15.8. The fourth-order valence-corrected chi connectivity index (χ4v) is 2.02. The van der Waals surface area contributed by atoms with E-state index in [1.165, 1.54) is 0 Å². The molecule has 114 valence electrons. The van der Waals surface area contributed by atoms with Gasteiger partial charge >= 0.3 is 0 Å². The summed E-state index contributed by atoms with van der Waals surface area (Å²) in [5, 5.41) is 0.638. The highest BCUT2D eigenvalue weighted by molar-refractivity contribution is 6.30. The van der Waals surface area contributed by atoms with Crippen molar-refractivity contribution in [3.05, 3.63) is 65.7 Å². The Bertz CT molecular complexity index is 651. The van der Waals surface area contributed by atoms with Crippen LogP contribution in [0.2, 0.25) is 5.02 Å². The van der Waals surface area contributed by atoms with Gasteiger partial charge in [0, 0.05) is 16.8 Å². The summed E-state index contributed by atoms with van der Waals surface area (Å²) in [5.41, 5.74) is 1.65. The molecule has 2 rings (SSSR count). The lowest BCUT2D eigenvalue weighted by molar-refractivity contribution is 0.340. The van der Waals surface area contributed by atoms with Gasteiger partial charge in [-0.2, -0.15) is 0 Å². The summed E-state index contributed by atoms with van der Waals surface area (Å²) in [6, 6.07) is 13.0. The van der Waals surface area contributed by atoms with Crippen molar-refractivity contribution in [1.29, 1.82) is 0 Å². The predicted octanol–water partition coefficient (Wildman–Crippen LogP) is 5.05. The van der Waals surface area contributed by atoms with Crippen LogP contribution < -0.4 is 9.47 Å². The van der Waals surface area contributed by atoms with E-state index in [4.69, 9.17) is 21.1 Å². The summed E-state index contributed by atoms with van der Waals surface area (Å²) in [7, 11) is 0. The third-order valence-corrected chi connectivity index (χ3v) is 3.06. The van der Waals surface area contributed by atoms with Gasteiger partial charge in [0.05, 0.1) is 12.3 Å². The van der Waals surface area contributed by atoms with E-state index >= 15 is 0 Å². The summed E-state index contributed by atoms with van der Waals surface area (Å²) in [4.78, 5) is 4.44. The Morgan fingerprint density at radius 3 is 2.59 bits per heavy atom. The molecular weight excluding hydrogens is 298 g/mol. The first kappa shape index (κ1) is 16.1. The summed E-state index contributed by atoms with van der Waals surface area (Å²) in [5.74, 6) is 1.55. The number of benzene rings is 2. The zero-order valence-corrected chi connectivity index (χ0v) is 13.2. The average Bonchev–Trinajstić information content (AvgIpc) is 2.53. The summed E-state index contributed by atoms with van der Waals surface area (Å²) in [6.45, 7) is 6.68. The van der Waals surface area contributed by atoms with E-state index in [1.807, 2.05) is 43.3 Å². The summed E-state index contributed by atoms with van der Waals surface area (Å²) >= 11 is 6.03. The van der Waals surface area contributed by atoms with Gasteiger partial charge in [-0.3, -0.25) is 4.99 Å². The predicted molar refractivity (Wildman–Crippen MR) is 92.0 cm³/mol. The maximum absolute atomic E-state index is 6.03. The van der Waals surface area contributed by atoms with Crippen molar-refractivity contribution in [2.24, 2.45) is 4.99 Å². The van der Waals surface area contributed by atoms with Gasteiger partial charge in [-0.1, -0.05) is 24.3 Å². The van der Waals surface area contributed by atoms with Gasteiger partial charge in [0.25, 0.3) is 0 Å². The molecule has 2 aromatic rings. The quantitative estimate of drug-likeness (QED) is 0.528. The number of halogens is 1. The van der Waals surface area contributed by atoms with Crippen LogP contribution in [0, 0.1) is 0 Å². The van der Waals surface area contributed by atoms with Crippen molar-refractivity contribution >= 4 is 23.5 Å². The van der Waals surface area contributed by atoms with Gasteiger partial charge in [-0.15, -0.1) is 0 Å². The van der Waals surface area contributed by atoms with E-state index < -0.39 is 0 Å². The maximum Gasteiger partial charge on any atom is 0.128 e. The molecule has 0 spiro atoms. The van der Waals surface area contributed by atoms with E-state index in [0.717, 1.165) is 22.7 Å². The number of nitrogens with zero attached hydrogens (tertiary/aromatic N) is 1. The van der Waals surface area contributed by atoms with Gasteiger partial charge in [0.2, 0.25) is 0 Å². The molecule has 0 atom stereocenters. The van der Waals surface area contributed by atoms with Gasteiger partial charge in [-0.25, -0.2) is 0 Å². The lowest BCUT2D eigenvalue weighted by Gasteiger charge is -2.07. The second kappa shape index (κ2) is 8.25. The van der Waals surface area contributed by atoms with Crippen molar-refractivity contribution in [3.63, 3.8) is 0 Å². The first-order valence-corrected chi connectivity index (χ1v) is 7.41. The highest BCUT2D eigenvalue weighted by atomic mass is 35.5. The maximum atomic E-state index is 6.03. The van der Waals surface area contributed by atoms with Crippen molar-refractivity contribution in [2.75, 3.05) is 13.2 Å². The lowest BCUT2D eigenvalue weighted by atomic mass is 10.2. The zero-order valence-electron chi connectivity index (χ0n) is 12.5. The van der Waals surface area contributed by atoms with E-state index in [0.29, 0.717) is 18.2 Å². The van der Waals surface area contributed by atoms with Crippen LogP contribution in [0.1, 0.15) is 12.5 Å². The molecule has 0 saturated heterocycles. The van der Waals surface area contributed by atoms with Crippen LogP contribution >= 0.6 is 11.6 Å². The van der Waals surface area contributed by atoms with Crippen molar-refractivity contribution < 1.29 is 9.47 Å². The minimum Gasteiger partial charge on any atom is -0.494 e. The SMILES string of the molecule is C=CCOc1ccc(Cl)cc1C=Nc1ccc(OCC)cc1. The van der Waals surface area contributed by atoms with Crippen LogP contribution in [-0.2, 0) is 0 Å². The molecule has 2 aromatic carbocycles.